The van der Waals surface area contributed by atoms with E-state index in [0.29, 0.717) is 0 Å². The highest BCUT2D eigenvalue weighted by molar-refractivity contribution is 5.83. The Bertz CT molecular complexity index is 274. The second kappa shape index (κ2) is 3.90. The Morgan fingerprint density at radius 2 is 1.92 bits per heavy atom. The molecule has 1 aromatic carbocycles. The fraction of sp³-hybridized carbons (Fsp3) is 0.300. The van der Waals surface area contributed by atoms with E-state index in [1.54, 1.807) is 6.92 Å². The van der Waals surface area contributed by atoms with Gasteiger partial charge in [-0.25, -0.2) is 0 Å². The van der Waals surface area contributed by atoms with E-state index in [4.69, 9.17) is 5.21 Å². The quantitative estimate of drug-likeness (QED) is 0.405. The largest absolute Gasteiger partial charge is 0.411 e. The van der Waals surface area contributed by atoms with Crippen molar-refractivity contribution >= 4 is 5.71 Å². The zero-order valence-corrected chi connectivity index (χ0v) is 7.41. The Morgan fingerprint density at radius 1 is 1.33 bits per heavy atom. The summed E-state index contributed by atoms with van der Waals surface area (Å²) >= 11 is 0. The summed E-state index contributed by atoms with van der Waals surface area (Å²) in [5.74, 6) is 0. The molecule has 2 nitrogen and oxygen atoms in total. The van der Waals surface area contributed by atoms with Crippen LogP contribution in [-0.4, -0.2) is 10.9 Å². The molecule has 0 unspecified atom stereocenters. The van der Waals surface area contributed by atoms with E-state index in [1.165, 1.54) is 11.1 Å². The van der Waals surface area contributed by atoms with Crippen molar-refractivity contribution in [2.45, 2.75) is 20.3 Å². The van der Waals surface area contributed by atoms with Crippen LogP contribution < -0.4 is 0 Å². The number of hydrogen-bond donors (Lipinski definition) is 1. The van der Waals surface area contributed by atoms with Crippen molar-refractivity contribution in [1.82, 2.24) is 0 Å². The SMILES string of the molecule is CC(Cc1ccc(C)cc1)=NO. The van der Waals surface area contributed by atoms with E-state index >= 15 is 0 Å². The van der Waals surface area contributed by atoms with E-state index < -0.39 is 0 Å². The van der Waals surface area contributed by atoms with Crippen molar-refractivity contribution in [1.29, 1.82) is 0 Å². The first-order valence-electron chi connectivity index (χ1n) is 3.95. The maximum atomic E-state index is 8.44. The van der Waals surface area contributed by atoms with Gasteiger partial charge in [-0.1, -0.05) is 35.0 Å². The van der Waals surface area contributed by atoms with Crippen LogP contribution in [0.5, 0.6) is 0 Å². The standard InChI is InChI=1S/C10H13NO/c1-8-3-5-10(6-4-8)7-9(2)11-12/h3-6,12H,7H2,1-2H3. The first kappa shape index (κ1) is 8.78. The summed E-state index contributed by atoms with van der Waals surface area (Å²) in [4.78, 5) is 0. The first-order chi connectivity index (χ1) is 5.72. The van der Waals surface area contributed by atoms with Gasteiger partial charge in [0.25, 0.3) is 0 Å². The third kappa shape index (κ3) is 2.38. The van der Waals surface area contributed by atoms with Crippen molar-refractivity contribution in [2.24, 2.45) is 5.16 Å². The van der Waals surface area contributed by atoms with Gasteiger partial charge in [-0.15, -0.1) is 0 Å². The Morgan fingerprint density at radius 3 is 2.42 bits per heavy atom. The van der Waals surface area contributed by atoms with Gasteiger partial charge in [-0.05, 0) is 19.4 Å². The molecular formula is C10H13NO. The molecule has 0 radical (unpaired) electrons. The minimum Gasteiger partial charge on any atom is -0.411 e. The molecular weight excluding hydrogens is 150 g/mol. The van der Waals surface area contributed by atoms with E-state index in [1.807, 2.05) is 12.1 Å². The van der Waals surface area contributed by atoms with Crippen molar-refractivity contribution < 1.29 is 5.21 Å². The second-order valence-electron chi connectivity index (χ2n) is 3.00. The molecule has 0 aromatic heterocycles. The molecule has 64 valence electrons. The summed E-state index contributed by atoms with van der Waals surface area (Å²) in [6.07, 6.45) is 0.719. The summed E-state index contributed by atoms with van der Waals surface area (Å²) in [5.41, 5.74) is 3.16. The molecule has 1 aromatic rings. The van der Waals surface area contributed by atoms with Gasteiger partial charge < -0.3 is 5.21 Å². The maximum absolute atomic E-state index is 8.44. The molecule has 0 fully saturated rings. The molecule has 0 bridgehead atoms. The highest BCUT2D eigenvalue weighted by Gasteiger charge is 1.94. The van der Waals surface area contributed by atoms with Crippen LogP contribution in [0.3, 0.4) is 0 Å². The maximum Gasteiger partial charge on any atom is 0.0583 e. The van der Waals surface area contributed by atoms with Gasteiger partial charge in [0, 0.05) is 6.42 Å². The molecule has 1 rings (SSSR count). The Balaban J connectivity index is 2.71. The highest BCUT2D eigenvalue weighted by Crippen LogP contribution is 2.04. The molecule has 12 heavy (non-hydrogen) atoms. The van der Waals surface area contributed by atoms with Crippen molar-refractivity contribution in [3.05, 3.63) is 35.4 Å². The lowest BCUT2D eigenvalue weighted by Crippen LogP contribution is -1.96. The molecule has 2 heteroatoms. The highest BCUT2D eigenvalue weighted by atomic mass is 16.4. The van der Waals surface area contributed by atoms with Gasteiger partial charge in [-0.2, -0.15) is 0 Å². The predicted molar refractivity (Wildman–Crippen MR) is 49.8 cm³/mol. The fourth-order valence-electron chi connectivity index (χ4n) is 1.04. The van der Waals surface area contributed by atoms with Crippen LogP contribution in [0.1, 0.15) is 18.1 Å². The van der Waals surface area contributed by atoms with Crippen LogP contribution in [0.25, 0.3) is 0 Å². The van der Waals surface area contributed by atoms with Crippen LogP contribution in [0.2, 0.25) is 0 Å². The number of hydrogen-bond acceptors (Lipinski definition) is 2. The first-order valence-corrected chi connectivity index (χ1v) is 3.95. The van der Waals surface area contributed by atoms with Crippen molar-refractivity contribution in [3.63, 3.8) is 0 Å². The predicted octanol–water partition coefficient (Wildman–Crippen LogP) is 2.39. The molecule has 0 saturated heterocycles. The summed E-state index contributed by atoms with van der Waals surface area (Å²) in [6, 6.07) is 8.20. The van der Waals surface area contributed by atoms with Crippen LogP contribution in [-0.2, 0) is 6.42 Å². The van der Waals surface area contributed by atoms with Crippen LogP contribution in [0, 0.1) is 6.92 Å². The summed E-state index contributed by atoms with van der Waals surface area (Å²) in [5, 5.41) is 11.6. The fourth-order valence-corrected chi connectivity index (χ4v) is 1.04. The Kier molecular flexibility index (Phi) is 2.86. The van der Waals surface area contributed by atoms with E-state index in [2.05, 4.69) is 24.2 Å². The molecule has 0 atom stereocenters. The molecule has 0 saturated carbocycles. The molecule has 0 aliphatic heterocycles. The van der Waals surface area contributed by atoms with Gasteiger partial charge in [-0.3, -0.25) is 0 Å². The normalized spacial score (nSPS) is 11.7. The molecule has 0 amide bonds. The van der Waals surface area contributed by atoms with Crippen molar-refractivity contribution in [2.75, 3.05) is 0 Å². The van der Waals surface area contributed by atoms with E-state index in [9.17, 15) is 0 Å². The molecule has 0 aliphatic carbocycles. The number of benzene rings is 1. The smallest absolute Gasteiger partial charge is 0.0583 e. The van der Waals surface area contributed by atoms with Gasteiger partial charge in [0.2, 0.25) is 0 Å². The van der Waals surface area contributed by atoms with Crippen LogP contribution in [0.4, 0.5) is 0 Å². The molecule has 1 N–H and O–H groups in total. The third-order valence-corrected chi connectivity index (χ3v) is 1.75. The number of nitrogens with zero attached hydrogens (tertiary/aromatic N) is 1. The average molecular weight is 163 g/mol. The second-order valence-corrected chi connectivity index (χ2v) is 3.00. The minimum absolute atomic E-state index is 0.719. The molecule has 0 aliphatic rings. The van der Waals surface area contributed by atoms with E-state index in [-0.39, 0.29) is 0 Å². The third-order valence-electron chi connectivity index (χ3n) is 1.75. The average Bonchev–Trinajstić information content (AvgIpc) is 2.09. The number of oxime groups is 1. The minimum atomic E-state index is 0.719. The lowest BCUT2D eigenvalue weighted by atomic mass is 10.1. The summed E-state index contributed by atoms with van der Waals surface area (Å²) in [7, 11) is 0. The Hall–Kier alpha value is -1.31. The summed E-state index contributed by atoms with van der Waals surface area (Å²) < 4.78 is 0. The van der Waals surface area contributed by atoms with Gasteiger partial charge >= 0.3 is 0 Å². The summed E-state index contributed by atoms with van der Waals surface area (Å²) in [6.45, 7) is 3.86. The topological polar surface area (TPSA) is 32.6 Å². The van der Waals surface area contributed by atoms with Crippen LogP contribution in [0.15, 0.2) is 29.4 Å². The molecule has 0 heterocycles. The zero-order chi connectivity index (χ0) is 8.97. The van der Waals surface area contributed by atoms with E-state index in [0.717, 1.165) is 12.1 Å². The lowest BCUT2D eigenvalue weighted by Gasteiger charge is -1.99. The van der Waals surface area contributed by atoms with Gasteiger partial charge in [0.15, 0.2) is 0 Å². The number of rotatable bonds is 2. The lowest BCUT2D eigenvalue weighted by molar-refractivity contribution is 0.317. The van der Waals surface area contributed by atoms with Crippen molar-refractivity contribution in [3.8, 4) is 0 Å². The Labute approximate surface area is 72.5 Å². The monoisotopic (exact) mass is 163 g/mol. The number of aryl methyl sites for hydroxylation is 1. The van der Waals surface area contributed by atoms with Gasteiger partial charge in [0.1, 0.15) is 0 Å². The van der Waals surface area contributed by atoms with Gasteiger partial charge in [0.05, 0.1) is 5.71 Å². The van der Waals surface area contributed by atoms with Crippen LogP contribution >= 0.6 is 0 Å². The molecule has 0 spiro atoms. The zero-order valence-electron chi connectivity index (χ0n) is 7.41.